The number of piperidine rings is 1. The van der Waals surface area contributed by atoms with Crippen LogP contribution in [-0.4, -0.2) is 30.4 Å². The Morgan fingerprint density at radius 3 is 2.68 bits per heavy atom. The molecular formula is C16H24N2O. The van der Waals surface area contributed by atoms with E-state index in [1.165, 1.54) is 0 Å². The third-order valence-corrected chi connectivity index (χ3v) is 4.17. The van der Waals surface area contributed by atoms with Crippen LogP contribution in [0.4, 0.5) is 0 Å². The predicted octanol–water partition coefficient (Wildman–Crippen LogP) is 2.16. The highest BCUT2D eigenvalue weighted by Crippen LogP contribution is 2.27. The van der Waals surface area contributed by atoms with Crippen LogP contribution in [0.5, 0.6) is 0 Å². The molecule has 0 bridgehead atoms. The summed E-state index contributed by atoms with van der Waals surface area (Å²) in [5, 5.41) is 0. The van der Waals surface area contributed by atoms with Gasteiger partial charge in [0.2, 0.25) is 5.91 Å². The minimum absolute atomic E-state index is 0.219. The molecule has 3 heteroatoms. The molecule has 2 N–H and O–H groups in total. The summed E-state index contributed by atoms with van der Waals surface area (Å²) in [6.45, 7) is 6.38. The van der Waals surface area contributed by atoms with E-state index in [0.29, 0.717) is 12.5 Å². The van der Waals surface area contributed by atoms with Crippen LogP contribution >= 0.6 is 0 Å². The van der Waals surface area contributed by atoms with E-state index in [2.05, 4.69) is 0 Å². The summed E-state index contributed by atoms with van der Waals surface area (Å²) in [4.78, 5) is 14.8. The summed E-state index contributed by atoms with van der Waals surface area (Å²) in [7, 11) is 0. The van der Waals surface area contributed by atoms with Gasteiger partial charge < -0.3 is 10.6 Å². The lowest BCUT2D eigenvalue weighted by Crippen LogP contribution is -2.48. The molecule has 0 aromatic heterocycles. The standard InChI is InChI=1S/C16H24N2O/c1-16(2,14-8-4-3-5-9-14)15(19)18-10-6-7-13(11-17)12-18/h3-5,8-9,13H,6-7,10-12,17H2,1-2H3. The summed E-state index contributed by atoms with van der Waals surface area (Å²) >= 11 is 0. The van der Waals surface area contributed by atoms with Crippen LogP contribution in [-0.2, 0) is 10.2 Å². The Morgan fingerprint density at radius 1 is 1.37 bits per heavy atom. The van der Waals surface area contributed by atoms with Crippen molar-refractivity contribution in [3.8, 4) is 0 Å². The zero-order valence-electron chi connectivity index (χ0n) is 11.9. The second-order valence-electron chi connectivity index (χ2n) is 5.99. The average molecular weight is 260 g/mol. The highest BCUT2D eigenvalue weighted by atomic mass is 16.2. The van der Waals surface area contributed by atoms with Crippen LogP contribution in [0.25, 0.3) is 0 Å². The van der Waals surface area contributed by atoms with Crippen molar-refractivity contribution in [3.05, 3.63) is 35.9 Å². The van der Waals surface area contributed by atoms with E-state index < -0.39 is 5.41 Å². The first-order valence-corrected chi connectivity index (χ1v) is 7.10. The number of nitrogens with zero attached hydrogens (tertiary/aromatic N) is 1. The Labute approximate surface area is 115 Å². The van der Waals surface area contributed by atoms with E-state index in [1.54, 1.807) is 0 Å². The summed E-state index contributed by atoms with van der Waals surface area (Å²) in [6, 6.07) is 10.0. The van der Waals surface area contributed by atoms with Crippen molar-refractivity contribution < 1.29 is 4.79 Å². The van der Waals surface area contributed by atoms with Crippen molar-refractivity contribution in [2.45, 2.75) is 32.1 Å². The lowest BCUT2D eigenvalue weighted by atomic mass is 9.82. The summed E-state index contributed by atoms with van der Waals surface area (Å²) in [5.41, 5.74) is 6.37. The van der Waals surface area contributed by atoms with Crippen LogP contribution in [0.15, 0.2) is 30.3 Å². The molecule has 1 aliphatic rings. The maximum Gasteiger partial charge on any atom is 0.232 e. The Bertz CT molecular complexity index is 428. The quantitative estimate of drug-likeness (QED) is 0.905. The highest BCUT2D eigenvalue weighted by Gasteiger charge is 2.35. The second-order valence-corrected chi connectivity index (χ2v) is 5.99. The van der Waals surface area contributed by atoms with Gasteiger partial charge in [0.05, 0.1) is 5.41 Å². The fourth-order valence-corrected chi connectivity index (χ4v) is 2.82. The number of nitrogens with two attached hydrogens (primary N) is 1. The van der Waals surface area contributed by atoms with Gasteiger partial charge in [-0.2, -0.15) is 0 Å². The van der Waals surface area contributed by atoms with Gasteiger partial charge in [-0.15, -0.1) is 0 Å². The zero-order chi connectivity index (χ0) is 13.9. The topological polar surface area (TPSA) is 46.3 Å². The molecule has 1 saturated heterocycles. The van der Waals surface area contributed by atoms with Gasteiger partial charge in [0, 0.05) is 13.1 Å². The molecule has 1 heterocycles. The van der Waals surface area contributed by atoms with Gasteiger partial charge in [0.1, 0.15) is 0 Å². The molecule has 0 saturated carbocycles. The van der Waals surface area contributed by atoms with Crippen molar-refractivity contribution in [1.29, 1.82) is 0 Å². The Hall–Kier alpha value is -1.35. The maximum absolute atomic E-state index is 12.8. The molecule has 0 radical (unpaired) electrons. The fraction of sp³-hybridized carbons (Fsp3) is 0.562. The number of hydrogen-bond donors (Lipinski definition) is 1. The van der Waals surface area contributed by atoms with Crippen LogP contribution < -0.4 is 5.73 Å². The predicted molar refractivity (Wildman–Crippen MR) is 77.8 cm³/mol. The Kier molecular flexibility index (Phi) is 4.25. The molecule has 1 atom stereocenters. The van der Waals surface area contributed by atoms with Crippen molar-refractivity contribution in [2.24, 2.45) is 11.7 Å². The molecular weight excluding hydrogens is 236 g/mol. The van der Waals surface area contributed by atoms with Gasteiger partial charge in [0.15, 0.2) is 0 Å². The first kappa shape index (κ1) is 14.1. The molecule has 19 heavy (non-hydrogen) atoms. The molecule has 1 aromatic carbocycles. The van der Waals surface area contributed by atoms with Crippen LogP contribution in [0.3, 0.4) is 0 Å². The summed E-state index contributed by atoms with van der Waals surface area (Å²) in [6.07, 6.45) is 2.21. The molecule has 1 aromatic rings. The molecule has 104 valence electrons. The third-order valence-electron chi connectivity index (χ3n) is 4.17. The van der Waals surface area contributed by atoms with Crippen molar-refractivity contribution in [1.82, 2.24) is 4.90 Å². The van der Waals surface area contributed by atoms with E-state index in [4.69, 9.17) is 5.73 Å². The first-order valence-electron chi connectivity index (χ1n) is 7.10. The SMILES string of the molecule is CC(C)(C(=O)N1CCCC(CN)C1)c1ccccc1. The van der Waals surface area contributed by atoms with Crippen molar-refractivity contribution in [3.63, 3.8) is 0 Å². The molecule has 3 nitrogen and oxygen atoms in total. The average Bonchev–Trinajstić information content (AvgIpc) is 2.47. The number of hydrogen-bond acceptors (Lipinski definition) is 2. The second kappa shape index (κ2) is 5.74. The molecule has 0 aliphatic carbocycles. The lowest BCUT2D eigenvalue weighted by Gasteiger charge is -2.37. The van der Waals surface area contributed by atoms with Gasteiger partial charge in [-0.1, -0.05) is 30.3 Å². The highest BCUT2D eigenvalue weighted by molar-refractivity contribution is 5.87. The minimum atomic E-state index is -0.461. The summed E-state index contributed by atoms with van der Waals surface area (Å²) in [5.74, 6) is 0.682. The largest absolute Gasteiger partial charge is 0.342 e. The number of likely N-dealkylation sites (tertiary alicyclic amines) is 1. The van der Waals surface area contributed by atoms with Gasteiger partial charge in [-0.3, -0.25) is 4.79 Å². The van der Waals surface area contributed by atoms with E-state index in [9.17, 15) is 4.79 Å². The molecule has 0 spiro atoms. The number of rotatable bonds is 3. The molecule has 1 amide bonds. The van der Waals surface area contributed by atoms with Crippen LogP contribution in [0.2, 0.25) is 0 Å². The minimum Gasteiger partial charge on any atom is -0.342 e. The van der Waals surface area contributed by atoms with Crippen molar-refractivity contribution >= 4 is 5.91 Å². The van der Waals surface area contributed by atoms with Gasteiger partial charge >= 0.3 is 0 Å². The lowest BCUT2D eigenvalue weighted by molar-refractivity contribution is -0.138. The van der Waals surface area contributed by atoms with Crippen LogP contribution in [0, 0.1) is 5.92 Å². The first-order chi connectivity index (χ1) is 9.05. The van der Waals surface area contributed by atoms with E-state index in [1.807, 2.05) is 49.1 Å². The molecule has 1 fully saturated rings. The normalized spacial score (nSPS) is 20.4. The van der Waals surface area contributed by atoms with E-state index in [-0.39, 0.29) is 5.91 Å². The third kappa shape index (κ3) is 2.98. The monoisotopic (exact) mass is 260 g/mol. The Balaban J connectivity index is 2.14. The van der Waals surface area contributed by atoms with E-state index in [0.717, 1.165) is 31.5 Å². The zero-order valence-corrected chi connectivity index (χ0v) is 11.9. The van der Waals surface area contributed by atoms with Crippen molar-refractivity contribution in [2.75, 3.05) is 19.6 Å². The van der Waals surface area contributed by atoms with Gasteiger partial charge in [-0.05, 0) is 44.7 Å². The smallest absolute Gasteiger partial charge is 0.232 e. The Morgan fingerprint density at radius 2 is 2.05 bits per heavy atom. The number of carbonyl (C=O) groups is 1. The number of carbonyl (C=O) groups excluding carboxylic acids is 1. The number of benzene rings is 1. The summed E-state index contributed by atoms with van der Waals surface area (Å²) < 4.78 is 0. The van der Waals surface area contributed by atoms with E-state index >= 15 is 0 Å². The number of amides is 1. The van der Waals surface area contributed by atoms with Gasteiger partial charge in [0.25, 0.3) is 0 Å². The molecule has 2 rings (SSSR count). The molecule has 1 aliphatic heterocycles. The molecule has 1 unspecified atom stereocenters. The van der Waals surface area contributed by atoms with Crippen LogP contribution in [0.1, 0.15) is 32.3 Å². The van der Waals surface area contributed by atoms with Gasteiger partial charge in [-0.25, -0.2) is 0 Å². The fourth-order valence-electron chi connectivity index (χ4n) is 2.82. The maximum atomic E-state index is 12.8.